The first kappa shape index (κ1) is 23.4. The molecule has 4 nitrogen and oxygen atoms in total. The largest absolute Gasteiger partial charge is 0.436 e. The molecule has 3 rings (SSSR count). The van der Waals surface area contributed by atoms with Crippen molar-refractivity contribution in [3.63, 3.8) is 0 Å². The summed E-state index contributed by atoms with van der Waals surface area (Å²) in [6.07, 6.45) is 3.80. The molecule has 0 saturated carbocycles. The number of hydrogen-bond acceptors (Lipinski definition) is 4. The van der Waals surface area contributed by atoms with Gasteiger partial charge in [-0.2, -0.15) is 0 Å². The molecule has 3 aliphatic heterocycles. The van der Waals surface area contributed by atoms with Crippen LogP contribution in [0.25, 0.3) is 0 Å². The standard InChI is InChI=1S/C20H45NO3Si4/c1-18(2,22-27(14-11-12-15-27)24-26(8,9)10)20-13-16-28(20,21-17-20)23-19(3,4)25(5,6)7/h21H,11-17H2,1-10H3. The Hall–Kier alpha value is 0.708. The maximum absolute atomic E-state index is 7.19. The molecular weight excluding hydrogens is 415 g/mol. The highest BCUT2D eigenvalue weighted by molar-refractivity contribution is 6.85. The summed E-state index contributed by atoms with van der Waals surface area (Å²) in [5, 5.41) is 0.202. The number of hydrogen-bond donors (Lipinski definition) is 1. The lowest BCUT2D eigenvalue weighted by Gasteiger charge is -2.72. The zero-order valence-corrected chi connectivity index (χ0v) is 24.2. The Labute approximate surface area is 178 Å². The van der Waals surface area contributed by atoms with Crippen LogP contribution in [0.2, 0.25) is 62.5 Å². The number of rotatable bonds is 8. The minimum atomic E-state index is -2.11. The summed E-state index contributed by atoms with van der Waals surface area (Å²) < 4.78 is 21.1. The van der Waals surface area contributed by atoms with E-state index in [2.05, 4.69) is 72.0 Å². The SMILES string of the molecule is CC(C)(O[Si]1(O[Si](C)(C)C)CCCC1)C12CC[Si]1(OC(C)(C)[Si](C)(C)C)NC2. The molecule has 0 aromatic rings. The van der Waals surface area contributed by atoms with Gasteiger partial charge in [-0.15, -0.1) is 0 Å². The molecule has 3 fully saturated rings. The zero-order chi connectivity index (χ0) is 21.3. The van der Waals surface area contributed by atoms with E-state index in [0.717, 1.165) is 6.54 Å². The molecule has 0 bridgehead atoms. The van der Waals surface area contributed by atoms with Gasteiger partial charge in [0.25, 0.3) is 8.48 Å². The maximum Gasteiger partial charge on any atom is 0.328 e. The Morgan fingerprint density at radius 2 is 1.43 bits per heavy atom. The average Bonchev–Trinajstić information content (AvgIpc) is 2.89. The van der Waals surface area contributed by atoms with E-state index in [4.69, 9.17) is 13.0 Å². The van der Waals surface area contributed by atoms with Crippen LogP contribution in [0.1, 0.15) is 47.0 Å². The first-order valence-corrected chi connectivity index (χ1v) is 22.6. The Morgan fingerprint density at radius 1 is 0.857 bits per heavy atom. The van der Waals surface area contributed by atoms with E-state index in [1.54, 1.807) is 0 Å². The van der Waals surface area contributed by atoms with Crippen molar-refractivity contribution in [1.29, 1.82) is 0 Å². The van der Waals surface area contributed by atoms with Gasteiger partial charge in [0, 0.05) is 16.8 Å². The van der Waals surface area contributed by atoms with Gasteiger partial charge >= 0.3 is 8.56 Å². The molecule has 0 aromatic carbocycles. The molecule has 0 aliphatic carbocycles. The summed E-state index contributed by atoms with van der Waals surface area (Å²) >= 11 is 0. The molecule has 2 atom stereocenters. The van der Waals surface area contributed by atoms with Crippen LogP contribution in [0.4, 0.5) is 0 Å². The van der Waals surface area contributed by atoms with E-state index in [0.29, 0.717) is 0 Å². The van der Waals surface area contributed by atoms with Crippen LogP contribution in [0.15, 0.2) is 0 Å². The van der Waals surface area contributed by atoms with Crippen LogP contribution in [0, 0.1) is 0 Å². The monoisotopic (exact) mass is 459 g/mol. The van der Waals surface area contributed by atoms with Crippen LogP contribution in [0.3, 0.4) is 0 Å². The van der Waals surface area contributed by atoms with E-state index >= 15 is 0 Å². The van der Waals surface area contributed by atoms with E-state index in [-0.39, 0.29) is 15.9 Å². The van der Waals surface area contributed by atoms with Gasteiger partial charge in [-0.25, -0.2) is 0 Å². The molecule has 0 amide bonds. The van der Waals surface area contributed by atoms with Gasteiger partial charge in [-0.3, -0.25) is 0 Å². The summed E-state index contributed by atoms with van der Waals surface area (Å²) in [6.45, 7) is 24.7. The van der Waals surface area contributed by atoms with Crippen molar-refractivity contribution in [2.75, 3.05) is 6.54 Å². The lowest BCUT2D eigenvalue weighted by molar-refractivity contribution is -0.0331. The van der Waals surface area contributed by atoms with Gasteiger partial charge in [0.15, 0.2) is 8.32 Å². The predicted molar refractivity (Wildman–Crippen MR) is 129 cm³/mol. The third-order valence-corrected chi connectivity index (χ3v) is 24.1. The first-order chi connectivity index (χ1) is 12.5. The van der Waals surface area contributed by atoms with Gasteiger partial charge in [-0.1, -0.05) is 32.5 Å². The third kappa shape index (κ3) is 3.74. The molecule has 1 N–H and O–H groups in total. The fraction of sp³-hybridized carbons (Fsp3) is 1.00. The van der Waals surface area contributed by atoms with Crippen molar-refractivity contribution < 1.29 is 13.0 Å². The van der Waals surface area contributed by atoms with Gasteiger partial charge < -0.3 is 17.9 Å². The van der Waals surface area contributed by atoms with Crippen molar-refractivity contribution in [2.24, 2.45) is 0 Å². The van der Waals surface area contributed by atoms with Crippen molar-refractivity contribution in [3.05, 3.63) is 0 Å². The van der Waals surface area contributed by atoms with Crippen LogP contribution in [0.5, 0.6) is 0 Å². The first-order valence-electron chi connectivity index (χ1n) is 11.3. The Balaban J connectivity index is 1.83. The van der Waals surface area contributed by atoms with Gasteiger partial charge in [0.05, 0.1) is 13.7 Å². The van der Waals surface area contributed by atoms with Crippen LogP contribution in [-0.2, 0) is 13.0 Å². The molecule has 0 spiro atoms. The molecule has 8 heteroatoms. The van der Waals surface area contributed by atoms with Crippen molar-refractivity contribution in [1.82, 2.24) is 4.98 Å². The molecule has 0 aromatic heterocycles. The Kier molecular flexibility index (Phi) is 5.72. The summed E-state index contributed by atoms with van der Waals surface area (Å²) in [7, 11) is -7.13. The molecule has 28 heavy (non-hydrogen) atoms. The van der Waals surface area contributed by atoms with Crippen molar-refractivity contribution in [2.45, 2.75) is 120 Å². The van der Waals surface area contributed by atoms with Crippen LogP contribution in [-0.4, -0.2) is 50.8 Å². The van der Waals surface area contributed by atoms with E-state index in [1.807, 2.05) is 0 Å². The van der Waals surface area contributed by atoms with Crippen LogP contribution >= 0.6 is 0 Å². The van der Waals surface area contributed by atoms with Gasteiger partial charge in [0.1, 0.15) is 0 Å². The van der Waals surface area contributed by atoms with E-state index < -0.39 is 33.4 Å². The minimum absolute atomic E-state index is 0.00824. The third-order valence-electron chi connectivity index (χ3n) is 8.04. The molecule has 3 aliphatic rings. The smallest absolute Gasteiger partial charge is 0.328 e. The number of fused-ring (bicyclic) bond motifs is 1. The van der Waals surface area contributed by atoms with Crippen molar-refractivity contribution in [3.8, 4) is 0 Å². The van der Waals surface area contributed by atoms with E-state index in [1.165, 1.54) is 37.4 Å². The normalized spacial score (nSPS) is 33.2. The van der Waals surface area contributed by atoms with E-state index in [9.17, 15) is 0 Å². The molecule has 3 heterocycles. The lowest BCUT2D eigenvalue weighted by Crippen LogP contribution is -2.88. The van der Waals surface area contributed by atoms with Crippen LogP contribution < -0.4 is 4.98 Å². The van der Waals surface area contributed by atoms with Gasteiger partial charge in [0.2, 0.25) is 0 Å². The second-order valence-corrected chi connectivity index (χ2v) is 30.0. The Morgan fingerprint density at radius 3 is 1.79 bits per heavy atom. The predicted octanol–water partition coefficient (Wildman–Crippen LogP) is 5.73. The molecular formula is C20H45NO3Si4. The second kappa shape index (κ2) is 6.85. The second-order valence-electron chi connectivity index (χ2n) is 12.6. The zero-order valence-electron chi connectivity index (χ0n) is 20.2. The summed E-state index contributed by atoms with van der Waals surface area (Å²) in [5.74, 6) is 0. The maximum atomic E-state index is 7.19. The quantitative estimate of drug-likeness (QED) is 0.470. The summed E-state index contributed by atoms with van der Waals surface area (Å²) in [4.78, 5) is 3.86. The highest BCUT2D eigenvalue weighted by Crippen LogP contribution is 2.68. The highest BCUT2D eigenvalue weighted by atomic mass is 28.4. The van der Waals surface area contributed by atoms with Gasteiger partial charge in [-0.05, 0) is 71.9 Å². The number of nitrogens with one attached hydrogen (secondary N) is 1. The topological polar surface area (TPSA) is 39.7 Å². The lowest BCUT2D eigenvalue weighted by atomic mass is 9.85. The highest BCUT2D eigenvalue weighted by Gasteiger charge is 2.78. The fourth-order valence-corrected chi connectivity index (χ4v) is 20.6. The molecule has 0 radical (unpaired) electrons. The fourth-order valence-electron chi connectivity index (χ4n) is 5.36. The Bertz CT molecular complexity index is 596. The minimum Gasteiger partial charge on any atom is -0.436 e. The average molecular weight is 460 g/mol. The summed E-state index contributed by atoms with van der Waals surface area (Å²) in [5.41, 5.74) is -0.158. The summed E-state index contributed by atoms with van der Waals surface area (Å²) in [6, 6.07) is 3.59. The molecule has 3 saturated heterocycles. The molecule has 2 unspecified atom stereocenters. The van der Waals surface area contributed by atoms with Crippen molar-refractivity contribution >= 4 is 33.4 Å². The molecule has 164 valence electrons.